The molecule has 3 N–H and O–H groups in total. The lowest BCUT2D eigenvalue weighted by Crippen LogP contribution is -2.13. The van der Waals surface area contributed by atoms with Gasteiger partial charge in [-0.3, -0.25) is 4.72 Å². The third kappa shape index (κ3) is 3.30. The Morgan fingerprint density at radius 2 is 1.45 bits per heavy atom. The molecular formula is C12H9Cl3N2O2S. The van der Waals surface area contributed by atoms with Gasteiger partial charge in [-0.25, -0.2) is 8.42 Å². The SMILES string of the molecule is Nc1ccc(S(=O)(=O)Nc2cc(Cl)c(Cl)c(Cl)c2)cc1. The first kappa shape index (κ1) is 15.3. The number of hydrogen-bond donors (Lipinski definition) is 2. The lowest BCUT2D eigenvalue weighted by atomic mass is 10.3. The predicted octanol–water partition coefficient (Wildman–Crippen LogP) is 4.03. The first-order valence-electron chi connectivity index (χ1n) is 5.32. The van der Waals surface area contributed by atoms with Gasteiger partial charge in [0.15, 0.2) is 0 Å². The van der Waals surface area contributed by atoms with Crippen molar-refractivity contribution >= 4 is 56.2 Å². The third-order valence-electron chi connectivity index (χ3n) is 2.43. The predicted molar refractivity (Wildman–Crippen MR) is 83.1 cm³/mol. The number of anilines is 2. The van der Waals surface area contributed by atoms with Gasteiger partial charge in [-0.2, -0.15) is 0 Å². The van der Waals surface area contributed by atoms with Crippen LogP contribution >= 0.6 is 34.8 Å². The molecule has 106 valence electrons. The van der Waals surface area contributed by atoms with Crippen molar-refractivity contribution in [1.82, 2.24) is 0 Å². The van der Waals surface area contributed by atoms with Gasteiger partial charge in [-0.1, -0.05) is 34.8 Å². The van der Waals surface area contributed by atoms with E-state index in [1.165, 1.54) is 36.4 Å². The van der Waals surface area contributed by atoms with Gasteiger partial charge >= 0.3 is 0 Å². The van der Waals surface area contributed by atoms with E-state index in [1.54, 1.807) is 0 Å². The van der Waals surface area contributed by atoms with Crippen molar-refractivity contribution in [2.24, 2.45) is 0 Å². The second-order valence-electron chi connectivity index (χ2n) is 3.93. The number of rotatable bonds is 3. The number of halogens is 3. The zero-order valence-electron chi connectivity index (χ0n) is 9.90. The Labute approximate surface area is 131 Å². The lowest BCUT2D eigenvalue weighted by Gasteiger charge is -2.10. The summed E-state index contributed by atoms with van der Waals surface area (Å²) in [6.07, 6.45) is 0. The van der Waals surface area contributed by atoms with Crippen LogP contribution in [0.1, 0.15) is 0 Å². The minimum Gasteiger partial charge on any atom is -0.399 e. The summed E-state index contributed by atoms with van der Waals surface area (Å²) in [5.74, 6) is 0. The number of benzene rings is 2. The van der Waals surface area contributed by atoms with Gasteiger partial charge in [-0.05, 0) is 36.4 Å². The van der Waals surface area contributed by atoms with Gasteiger partial charge in [-0.15, -0.1) is 0 Å². The smallest absolute Gasteiger partial charge is 0.261 e. The molecule has 0 spiro atoms. The molecule has 0 aromatic heterocycles. The zero-order chi connectivity index (χ0) is 14.9. The molecule has 20 heavy (non-hydrogen) atoms. The highest BCUT2D eigenvalue weighted by Gasteiger charge is 2.15. The van der Waals surface area contributed by atoms with Crippen molar-refractivity contribution < 1.29 is 8.42 Å². The summed E-state index contributed by atoms with van der Waals surface area (Å²) < 4.78 is 26.7. The van der Waals surface area contributed by atoms with E-state index in [4.69, 9.17) is 40.5 Å². The fourth-order valence-corrected chi connectivity index (χ4v) is 3.11. The molecule has 0 heterocycles. The first-order valence-corrected chi connectivity index (χ1v) is 7.94. The standard InChI is InChI=1S/C12H9Cl3N2O2S/c13-10-5-8(6-11(14)12(10)15)17-20(18,19)9-3-1-7(16)2-4-9/h1-6,17H,16H2. The van der Waals surface area contributed by atoms with E-state index < -0.39 is 10.0 Å². The number of hydrogen-bond acceptors (Lipinski definition) is 3. The van der Waals surface area contributed by atoms with Crippen LogP contribution in [0, 0.1) is 0 Å². The monoisotopic (exact) mass is 350 g/mol. The van der Waals surface area contributed by atoms with E-state index in [0.717, 1.165) is 0 Å². The largest absolute Gasteiger partial charge is 0.399 e. The summed E-state index contributed by atoms with van der Waals surface area (Å²) in [6, 6.07) is 8.55. The van der Waals surface area contributed by atoms with Crippen molar-refractivity contribution in [2.45, 2.75) is 4.90 Å². The Morgan fingerprint density at radius 3 is 1.95 bits per heavy atom. The molecule has 0 aliphatic rings. The van der Waals surface area contributed by atoms with Crippen LogP contribution < -0.4 is 10.5 Å². The van der Waals surface area contributed by atoms with Gasteiger partial charge in [0.05, 0.1) is 25.7 Å². The summed E-state index contributed by atoms with van der Waals surface area (Å²) >= 11 is 17.5. The Bertz CT molecular complexity index is 723. The Morgan fingerprint density at radius 1 is 0.950 bits per heavy atom. The summed E-state index contributed by atoms with van der Waals surface area (Å²) in [5.41, 5.74) is 6.21. The number of nitrogens with two attached hydrogens (primary N) is 1. The van der Waals surface area contributed by atoms with Crippen LogP contribution in [0.15, 0.2) is 41.3 Å². The highest BCUT2D eigenvalue weighted by molar-refractivity contribution is 7.92. The molecule has 0 amide bonds. The molecule has 0 aliphatic carbocycles. The number of nitrogen functional groups attached to an aromatic ring is 1. The molecule has 0 radical (unpaired) electrons. The molecule has 0 fully saturated rings. The van der Waals surface area contributed by atoms with E-state index in [9.17, 15) is 8.42 Å². The molecule has 8 heteroatoms. The fourth-order valence-electron chi connectivity index (χ4n) is 1.48. The minimum absolute atomic E-state index is 0.0777. The first-order chi connectivity index (χ1) is 9.29. The highest BCUT2D eigenvalue weighted by atomic mass is 35.5. The van der Waals surface area contributed by atoms with Crippen molar-refractivity contribution in [1.29, 1.82) is 0 Å². The van der Waals surface area contributed by atoms with Crippen molar-refractivity contribution in [3.8, 4) is 0 Å². The van der Waals surface area contributed by atoms with Gasteiger partial charge < -0.3 is 5.73 Å². The lowest BCUT2D eigenvalue weighted by molar-refractivity contribution is 0.601. The highest BCUT2D eigenvalue weighted by Crippen LogP contribution is 2.33. The topological polar surface area (TPSA) is 72.2 Å². The van der Waals surface area contributed by atoms with Crippen LogP contribution in [-0.4, -0.2) is 8.42 Å². The van der Waals surface area contributed by atoms with Crippen LogP contribution in [0.4, 0.5) is 11.4 Å². The molecule has 0 saturated heterocycles. The molecule has 0 atom stereocenters. The molecule has 0 aliphatic heterocycles. The summed E-state index contributed by atoms with van der Waals surface area (Å²) in [6.45, 7) is 0. The molecule has 0 saturated carbocycles. The quantitative estimate of drug-likeness (QED) is 0.648. The summed E-state index contributed by atoms with van der Waals surface area (Å²) in [5, 5.41) is 0.493. The maximum Gasteiger partial charge on any atom is 0.261 e. The molecule has 0 unspecified atom stereocenters. The molecule has 2 aromatic carbocycles. The minimum atomic E-state index is -3.74. The maximum atomic E-state index is 12.1. The van der Waals surface area contributed by atoms with Crippen molar-refractivity contribution in [2.75, 3.05) is 10.5 Å². The van der Waals surface area contributed by atoms with E-state index in [2.05, 4.69) is 4.72 Å². The van der Waals surface area contributed by atoms with Crippen LogP contribution in [-0.2, 0) is 10.0 Å². The second-order valence-corrected chi connectivity index (χ2v) is 6.80. The van der Waals surface area contributed by atoms with E-state index in [0.29, 0.717) is 5.69 Å². The fraction of sp³-hybridized carbons (Fsp3) is 0. The number of sulfonamides is 1. The normalized spacial score (nSPS) is 11.3. The molecular weight excluding hydrogens is 343 g/mol. The van der Waals surface area contributed by atoms with Crippen molar-refractivity contribution in [3.05, 3.63) is 51.5 Å². The number of nitrogens with one attached hydrogen (secondary N) is 1. The van der Waals surface area contributed by atoms with Gasteiger partial charge in [0.25, 0.3) is 10.0 Å². The van der Waals surface area contributed by atoms with Gasteiger partial charge in [0.2, 0.25) is 0 Å². The van der Waals surface area contributed by atoms with Crippen LogP contribution in [0.5, 0.6) is 0 Å². The molecule has 2 aromatic rings. The Balaban J connectivity index is 2.36. The van der Waals surface area contributed by atoms with Gasteiger partial charge in [0.1, 0.15) is 0 Å². The van der Waals surface area contributed by atoms with Crippen LogP contribution in [0.3, 0.4) is 0 Å². The van der Waals surface area contributed by atoms with Gasteiger partial charge in [0, 0.05) is 5.69 Å². The second kappa shape index (κ2) is 5.69. The third-order valence-corrected chi connectivity index (χ3v) is 5.02. The maximum absolute atomic E-state index is 12.1. The average Bonchev–Trinajstić information content (AvgIpc) is 2.36. The Kier molecular flexibility index (Phi) is 4.34. The van der Waals surface area contributed by atoms with E-state index in [1.807, 2.05) is 0 Å². The molecule has 2 rings (SSSR count). The molecule has 0 bridgehead atoms. The van der Waals surface area contributed by atoms with E-state index in [-0.39, 0.29) is 25.7 Å². The van der Waals surface area contributed by atoms with Crippen LogP contribution in [0.25, 0.3) is 0 Å². The summed E-state index contributed by atoms with van der Waals surface area (Å²) in [4.78, 5) is 0.0777. The average molecular weight is 352 g/mol. The van der Waals surface area contributed by atoms with E-state index >= 15 is 0 Å². The summed E-state index contributed by atoms with van der Waals surface area (Å²) in [7, 11) is -3.74. The molecule has 4 nitrogen and oxygen atoms in total. The van der Waals surface area contributed by atoms with Crippen molar-refractivity contribution in [3.63, 3.8) is 0 Å². The Hall–Kier alpha value is -1.14. The van der Waals surface area contributed by atoms with Crippen LogP contribution in [0.2, 0.25) is 15.1 Å². The zero-order valence-corrected chi connectivity index (χ0v) is 13.0.